The third-order valence-corrected chi connectivity index (χ3v) is 5.15. The molecule has 2 aromatic heterocycles. The van der Waals surface area contributed by atoms with Crippen molar-refractivity contribution in [3.05, 3.63) is 54.0 Å². The van der Waals surface area contributed by atoms with E-state index in [0.717, 1.165) is 68.1 Å². The van der Waals surface area contributed by atoms with E-state index in [-0.39, 0.29) is 12.4 Å². The van der Waals surface area contributed by atoms with Crippen LogP contribution in [0.3, 0.4) is 0 Å². The van der Waals surface area contributed by atoms with Crippen LogP contribution in [0.5, 0.6) is 0 Å². The summed E-state index contributed by atoms with van der Waals surface area (Å²) in [6, 6.07) is 11.9. The normalized spacial score (nSPS) is 13.0. The van der Waals surface area contributed by atoms with Crippen molar-refractivity contribution in [3.8, 4) is 0 Å². The number of fused-ring (bicyclic) bond motifs is 1. The Morgan fingerprint density at radius 2 is 1.97 bits per heavy atom. The fourth-order valence-corrected chi connectivity index (χ4v) is 3.60. The Morgan fingerprint density at radius 3 is 2.60 bits per heavy atom. The number of rotatable bonds is 6. The predicted molar refractivity (Wildman–Crippen MR) is 116 cm³/mol. The van der Waals surface area contributed by atoms with E-state index in [1.807, 2.05) is 41.3 Å². The Kier molecular flexibility index (Phi) is 7.37. The summed E-state index contributed by atoms with van der Waals surface area (Å²) in [5.74, 6) is 1.97. The molecule has 2 N–H and O–H groups in total. The topological polar surface area (TPSA) is 102 Å². The molecule has 3 aromatic rings. The number of nitrogens with zero attached hydrogens (tertiary/aromatic N) is 4. The smallest absolute Gasteiger partial charge is 0.290 e. The largest absolute Gasteiger partial charge is 0.483 e. The minimum Gasteiger partial charge on any atom is -0.483 e. The van der Waals surface area contributed by atoms with Gasteiger partial charge in [-0.3, -0.25) is 9.59 Å². The lowest BCUT2D eigenvalue weighted by molar-refractivity contribution is -0.122. The van der Waals surface area contributed by atoms with Gasteiger partial charge in [-0.1, -0.05) is 12.1 Å². The lowest BCUT2D eigenvalue weighted by atomic mass is 10.2. The molecule has 4 rings (SSSR count). The molecule has 1 aromatic carbocycles. The number of para-hydroxylation sites is 2. The highest BCUT2D eigenvalue weighted by atomic mass is 16.3. The fourth-order valence-electron chi connectivity index (χ4n) is 3.60. The standard InChI is InChI=1S/C21H25N5O.CH2O2/c1-2-25(14-11-19-23-17-7-3-4-8-18(17)24-19)20-10-9-16(15-22-20)21(27)26-12-5-6-13-26;2-1-3/h3-4,7-10,15H,2,5-6,11-14H2,1H3,(H,23,24);1H,(H,2,3). The van der Waals surface area contributed by atoms with Gasteiger partial charge in [0.15, 0.2) is 0 Å². The zero-order chi connectivity index (χ0) is 21.3. The van der Waals surface area contributed by atoms with Gasteiger partial charge in [0, 0.05) is 38.8 Å². The number of nitrogens with one attached hydrogen (secondary N) is 1. The van der Waals surface area contributed by atoms with Crippen LogP contribution in [-0.2, 0) is 11.2 Å². The first kappa shape index (κ1) is 21.3. The molecule has 158 valence electrons. The highest BCUT2D eigenvalue weighted by Gasteiger charge is 2.20. The van der Waals surface area contributed by atoms with Gasteiger partial charge in [0.05, 0.1) is 16.6 Å². The van der Waals surface area contributed by atoms with Gasteiger partial charge in [0.1, 0.15) is 11.6 Å². The van der Waals surface area contributed by atoms with Crippen LogP contribution in [0.2, 0.25) is 0 Å². The molecule has 1 aliphatic heterocycles. The molecule has 8 heteroatoms. The number of pyridine rings is 1. The second-order valence-corrected chi connectivity index (χ2v) is 7.04. The third-order valence-electron chi connectivity index (χ3n) is 5.15. The van der Waals surface area contributed by atoms with Crippen LogP contribution in [-0.4, -0.2) is 63.5 Å². The summed E-state index contributed by atoms with van der Waals surface area (Å²) < 4.78 is 0. The number of hydrogen-bond donors (Lipinski definition) is 2. The van der Waals surface area contributed by atoms with Gasteiger partial charge in [0.25, 0.3) is 12.4 Å². The molecule has 1 saturated heterocycles. The van der Waals surface area contributed by atoms with Gasteiger partial charge in [-0.15, -0.1) is 0 Å². The second kappa shape index (κ2) is 10.4. The summed E-state index contributed by atoms with van der Waals surface area (Å²) in [5.41, 5.74) is 2.74. The van der Waals surface area contributed by atoms with Crippen molar-refractivity contribution in [1.82, 2.24) is 19.9 Å². The summed E-state index contributed by atoms with van der Waals surface area (Å²) in [4.78, 5) is 37.5. The molecule has 0 saturated carbocycles. The van der Waals surface area contributed by atoms with Gasteiger partial charge in [-0.05, 0) is 44.0 Å². The number of benzene rings is 1. The van der Waals surface area contributed by atoms with E-state index in [1.165, 1.54) is 0 Å². The van der Waals surface area contributed by atoms with Crippen molar-refractivity contribution in [2.75, 3.05) is 31.1 Å². The maximum absolute atomic E-state index is 12.5. The maximum Gasteiger partial charge on any atom is 0.290 e. The van der Waals surface area contributed by atoms with Crippen molar-refractivity contribution in [1.29, 1.82) is 0 Å². The molecule has 0 aliphatic carbocycles. The SMILES string of the molecule is CCN(CCc1nc2ccccc2[nH]1)c1ccc(C(=O)N2CCCC2)cn1.O=CO. The Balaban J connectivity index is 0.000000806. The van der Waals surface area contributed by atoms with Crippen molar-refractivity contribution >= 4 is 29.2 Å². The number of H-pyrrole nitrogens is 1. The highest BCUT2D eigenvalue weighted by Crippen LogP contribution is 2.17. The predicted octanol–water partition coefficient (Wildman–Crippen LogP) is 2.96. The first-order valence-electron chi connectivity index (χ1n) is 10.2. The van der Waals surface area contributed by atoms with Gasteiger partial charge >= 0.3 is 0 Å². The molecule has 30 heavy (non-hydrogen) atoms. The molecule has 1 aliphatic rings. The monoisotopic (exact) mass is 409 g/mol. The molecule has 0 radical (unpaired) electrons. The molecule has 1 amide bonds. The van der Waals surface area contributed by atoms with E-state index < -0.39 is 0 Å². The first-order chi connectivity index (χ1) is 14.7. The molecule has 8 nitrogen and oxygen atoms in total. The van der Waals surface area contributed by atoms with Gasteiger partial charge in [-0.25, -0.2) is 9.97 Å². The summed E-state index contributed by atoms with van der Waals surface area (Å²) in [6.07, 6.45) is 4.73. The van der Waals surface area contributed by atoms with Crippen LogP contribution in [0.25, 0.3) is 11.0 Å². The Morgan fingerprint density at radius 1 is 1.23 bits per heavy atom. The average molecular weight is 409 g/mol. The molecule has 0 bridgehead atoms. The van der Waals surface area contributed by atoms with Crippen molar-refractivity contribution in [3.63, 3.8) is 0 Å². The number of carboxylic acid groups (broad SMARTS) is 1. The quantitative estimate of drug-likeness (QED) is 0.607. The van der Waals surface area contributed by atoms with E-state index in [1.54, 1.807) is 6.20 Å². The van der Waals surface area contributed by atoms with Crippen molar-refractivity contribution < 1.29 is 14.7 Å². The summed E-state index contributed by atoms with van der Waals surface area (Å²) >= 11 is 0. The molecular weight excluding hydrogens is 382 g/mol. The van der Waals surface area contributed by atoms with Crippen LogP contribution in [0.4, 0.5) is 5.82 Å². The molecule has 3 heterocycles. The molecule has 0 atom stereocenters. The lowest BCUT2D eigenvalue weighted by Crippen LogP contribution is -2.29. The summed E-state index contributed by atoms with van der Waals surface area (Å²) in [6.45, 7) is 5.26. The maximum atomic E-state index is 12.5. The van der Waals surface area contributed by atoms with Gasteiger partial charge in [0.2, 0.25) is 0 Å². The Labute approximate surface area is 175 Å². The highest BCUT2D eigenvalue weighted by molar-refractivity contribution is 5.94. The number of amides is 1. The first-order valence-corrected chi connectivity index (χ1v) is 10.2. The number of anilines is 1. The minimum absolute atomic E-state index is 0.0943. The zero-order valence-corrected chi connectivity index (χ0v) is 17.1. The van der Waals surface area contributed by atoms with Crippen LogP contribution >= 0.6 is 0 Å². The number of aromatic amines is 1. The molecular formula is C22H27N5O3. The lowest BCUT2D eigenvalue weighted by Gasteiger charge is -2.22. The van der Waals surface area contributed by atoms with E-state index >= 15 is 0 Å². The number of likely N-dealkylation sites (tertiary alicyclic amines) is 1. The number of carbonyl (C=O) groups is 2. The molecule has 0 unspecified atom stereocenters. The summed E-state index contributed by atoms with van der Waals surface area (Å²) in [7, 11) is 0. The Bertz CT molecular complexity index is 931. The van der Waals surface area contributed by atoms with Crippen LogP contribution in [0.15, 0.2) is 42.6 Å². The van der Waals surface area contributed by atoms with Gasteiger partial charge in [-0.2, -0.15) is 0 Å². The number of likely N-dealkylation sites (N-methyl/N-ethyl adjacent to an activating group) is 1. The summed E-state index contributed by atoms with van der Waals surface area (Å²) in [5, 5.41) is 6.89. The Hall–Kier alpha value is -3.42. The third kappa shape index (κ3) is 5.14. The van der Waals surface area contributed by atoms with Crippen LogP contribution < -0.4 is 4.90 Å². The number of imidazole rings is 1. The van der Waals surface area contributed by atoms with Gasteiger partial charge < -0.3 is 19.9 Å². The zero-order valence-electron chi connectivity index (χ0n) is 17.1. The number of aromatic nitrogens is 3. The van der Waals surface area contributed by atoms with E-state index in [0.29, 0.717) is 5.56 Å². The average Bonchev–Trinajstić information content (AvgIpc) is 3.44. The van der Waals surface area contributed by atoms with Crippen LogP contribution in [0.1, 0.15) is 35.9 Å². The van der Waals surface area contributed by atoms with Crippen LogP contribution in [0, 0.1) is 0 Å². The van der Waals surface area contributed by atoms with E-state index in [9.17, 15) is 4.79 Å². The number of carbonyl (C=O) groups excluding carboxylic acids is 1. The van der Waals surface area contributed by atoms with Crippen molar-refractivity contribution in [2.45, 2.75) is 26.2 Å². The molecule has 0 spiro atoms. The van der Waals surface area contributed by atoms with E-state index in [2.05, 4.69) is 26.8 Å². The van der Waals surface area contributed by atoms with Crippen molar-refractivity contribution in [2.24, 2.45) is 0 Å². The minimum atomic E-state index is -0.250. The van der Waals surface area contributed by atoms with E-state index in [4.69, 9.17) is 9.90 Å². The molecule has 1 fully saturated rings. The second-order valence-electron chi connectivity index (χ2n) is 7.04. The fraction of sp³-hybridized carbons (Fsp3) is 0.364. The number of hydrogen-bond acceptors (Lipinski definition) is 5.